The van der Waals surface area contributed by atoms with Gasteiger partial charge in [0.15, 0.2) is 0 Å². The van der Waals surface area contributed by atoms with Crippen molar-refractivity contribution in [3.63, 3.8) is 0 Å². The van der Waals surface area contributed by atoms with E-state index in [1.54, 1.807) is 0 Å². The lowest BCUT2D eigenvalue weighted by Gasteiger charge is -2.12. The van der Waals surface area contributed by atoms with Gasteiger partial charge >= 0.3 is 0 Å². The number of aryl methyl sites for hydroxylation is 3. The fourth-order valence-electron chi connectivity index (χ4n) is 2.78. The van der Waals surface area contributed by atoms with Crippen LogP contribution < -0.4 is 0 Å². The highest BCUT2D eigenvalue weighted by atomic mass is 14.8. The van der Waals surface area contributed by atoms with E-state index in [0.29, 0.717) is 0 Å². The molecular formula is C16H16N2. The Balaban J connectivity index is 2.36. The molecule has 0 saturated heterocycles. The molecule has 1 aromatic carbocycles. The van der Waals surface area contributed by atoms with Gasteiger partial charge in [-0.05, 0) is 55.2 Å². The molecule has 0 atom stereocenters. The Kier molecular flexibility index (Phi) is 2.44. The van der Waals surface area contributed by atoms with Crippen LogP contribution in [0.25, 0.3) is 22.2 Å². The van der Waals surface area contributed by atoms with Gasteiger partial charge in [-0.25, -0.2) is 4.98 Å². The Labute approximate surface area is 107 Å². The molecule has 90 valence electrons. The quantitative estimate of drug-likeness (QED) is 0.675. The number of benzene rings is 1. The first kappa shape index (κ1) is 11.0. The van der Waals surface area contributed by atoms with E-state index in [-0.39, 0.29) is 0 Å². The van der Waals surface area contributed by atoms with Crippen LogP contribution in [0.5, 0.6) is 0 Å². The van der Waals surface area contributed by atoms with E-state index in [1.807, 2.05) is 12.4 Å². The molecule has 0 aliphatic heterocycles. The zero-order chi connectivity index (χ0) is 12.7. The first-order valence-electron chi connectivity index (χ1n) is 6.17. The lowest BCUT2D eigenvalue weighted by molar-refractivity contribution is 1.30. The van der Waals surface area contributed by atoms with Crippen LogP contribution >= 0.6 is 0 Å². The SMILES string of the molecule is Cc1cc(C)c(-c2ccnc3[nH]ccc23)c(C)c1. The van der Waals surface area contributed by atoms with Crippen molar-refractivity contribution >= 4 is 11.0 Å². The van der Waals surface area contributed by atoms with E-state index in [1.165, 1.54) is 33.2 Å². The minimum absolute atomic E-state index is 0.951. The molecule has 0 radical (unpaired) electrons. The molecule has 2 aromatic heterocycles. The summed E-state index contributed by atoms with van der Waals surface area (Å²) in [6, 6.07) is 8.67. The predicted molar refractivity (Wildman–Crippen MR) is 75.7 cm³/mol. The molecule has 1 N–H and O–H groups in total. The van der Waals surface area contributed by atoms with Crippen LogP contribution in [0.2, 0.25) is 0 Å². The first-order chi connectivity index (χ1) is 8.66. The van der Waals surface area contributed by atoms with Gasteiger partial charge in [0.05, 0.1) is 0 Å². The fraction of sp³-hybridized carbons (Fsp3) is 0.188. The number of rotatable bonds is 1. The van der Waals surface area contributed by atoms with Gasteiger partial charge in [0.2, 0.25) is 0 Å². The van der Waals surface area contributed by atoms with E-state index >= 15 is 0 Å². The van der Waals surface area contributed by atoms with Gasteiger partial charge in [0.1, 0.15) is 5.65 Å². The molecule has 0 unspecified atom stereocenters. The van der Waals surface area contributed by atoms with Gasteiger partial charge in [0.25, 0.3) is 0 Å². The highest BCUT2D eigenvalue weighted by molar-refractivity contribution is 5.94. The average Bonchev–Trinajstić information content (AvgIpc) is 2.76. The Morgan fingerprint density at radius 2 is 1.72 bits per heavy atom. The number of nitrogens with one attached hydrogen (secondary N) is 1. The summed E-state index contributed by atoms with van der Waals surface area (Å²) in [5, 5.41) is 1.19. The number of hydrogen-bond acceptors (Lipinski definition) is 1. The van der Waals surface area contributed by atoms with Crippen LogP contribution in [0.15, 0.2) is 36.7 Å². The lowest BCUT2D eigenvalue weighted by Crippen LogP contribution is -1.91. The summed E-state index contributed by atoms with van der Waals surface area (Å²) in [5.74, 6) is 0. The van der Waals surface area contributed by atoms with Crippen LogP contribution in [0.3, 0.4) is 0 Å². The largest absolute Gasteiger partial charge is 0.346 e. The second kappa shape index (κ2) is 3.98. The minimum Gasteiger partial charge on any atom is -0.346 e. The Hall–Kier alpha value is -2.09. The van der Waals surface area contributed by atoms with E-state index in [4.69, 9.17) is 0 Å². The molecule has 2 nitrogen and oxygen atoms in total. The van der Waals surface area contributed by atoms with E-state index in [2.05, 4.69) is 55.0 Å². The van der Waals surface area contributed by atoms with Gasteiger partial charge in [0, 0.05) is 17.8 Å². The van der Waals surface area contributed by atoms with Gasteiger partial charge < -0.3 is 4.98 Å². The fourth-order valence-corrected chi connectivity index (χ4v) is 2.78. The molecule has 3 rings (SSSR count). The number of hydrogen-bond donors (Lipinski definition) is 1. The average molecular weight is 236 g/mol. The standard InChI is InChI=1S/C16H16N2/c1-10-8-11(2)15(12(3)9-10)13-4-6-17-16-14(13)5-7-18-16/h4-9H,1-3H3,(H,17,18). The monoisotopic (exact) mass is 236 g/mol. The molecule has 0 spiro atoms. The summed E-state index contributed by atoms with van der Waals surface area (Å²) in [4.78, 5) is 7.52. The highest BCUT2D eigenvalue weighted by Crippen LogP contribution is 2.32. The molecule has 0 amide bonds. The van der Waals surface area contributed by atoms with Crippen molar-refractivity contribution in [2.45, 2.75) is 20.8 Å². The Morgan fingerprint density at radius 1 is 1.00 bits per heavy atom. The third-order valence-electron chi connectivity index (χ3n) is 3.41. The van der Waals surface area contributed by atoms with Gasteiger partial charge in [-0.1, -0.05) is 17.7 Å². The summed E-state index contributed by atoms with van der Waals surface area (Å²) < 4.78 is 0. The first-order valence-corrected chi connectivity index (χ1v) is 6.17. The molecule has 2 heteroatoms. The second-order valence-corrected chi connectivity index (χ2v) is 4.87. The van der Waals surface area contributed by atoms with E-state index in [9.17, 15) is 0 Å². The normalized spacial score (nSPS) is 11.1. The summed E-state index contributed by atoms with van der Waals surface area (Å²) in [5.41, 5.74) is 7.49. The van der Waals surface area contributed by atoms with E-state index in [0.717, 1.165) is 5.65 Å². The van der Waals surface area contributed by atoms with Crippen molar-refractivity contribution < 1.29 is 0 Å². The Morgan fingerprint density at radius 3 is 2.44 bits per heavy atom. The summed E-state index contributed by atoms with van der Waals surface area (Å²) in [6.07, 6.45) is 3.81. The maximum absolute atomic E-state index is 4.35. The molecule has 18 heavy (non-hydrogen) atoms. The highest BCUT2D eigenvalue weighted by Gasteiger charge is 2.10. The van der Waals surface area contributed by atoms with Crippen LogP contribution in [0.1, 0.15) is 16.7 Å². The molecule has 0 aliphatic rings. The number of aromatic nitrogens is 2. The van der Waals surface area contributed by atoms with Crippen molar-refractivity contribution in [3.05, 3.63) is 53.3 Å². The van der Waals surface area contributed by atoms with Crippen LogP contribution in [0.4, 0.5) is 0 Å². The summed E-state index contributed by atoms with van der Waals surface area (Å²) in [6.45, 7) is 6.49. The molecule has 0 bridgehead atoms. The van der Waals surface area contributed by atoms with Crippen LogP contribution in [0, 0.1) is 20.8 Å². The zero-order valence-corrected chi connectivity index (χ0v) is 10.9. The van der Waals surface area contributed by atoms with Crippen molar-refractivity contribution in [3.8, 4) is 11.1 Å². The minimum atomic E-state index is 0.951. The number of pyridine rings is 1. The van der Waals surface area contributed by atoms with Crippen molar-refractivity contribution in [1.29, 1.82) is 0 Å². The number of aromatic amines is 1. The maximum Gasteiger partial charge on any atom is 0.137 e. The van der Waals surface area contributed by atoms with Gasteiger partial charge in [-0.2, -0.15) is 0 Å². The topological polar surface area (TPSA) is 28.7 Å². The van der Waals surface area contributed by atoms with Crippen molar-refractivity contribution in [2.75, 3.05) is 0 Å². The van der Waals surface area contributed by atoms with Crippen LogP contribution in [-0.4, -0.2) is 9.97 Å². The number of nitrogens with zero attached hydrogens (tertiary/aromatic N) is 1. The lowest BCUT2D eigenvalue weighted by atomic mass is 9.93. The van der Waals surface area contributed by atoms with Crippen LogP contribution in [-0.2, 0) is 0 Å². The predicted octanol–water partition coefficient (Wildman–Crippen LogP) is 4.16. The van der Waals surface area contributed by atoms with Crippen molar-refractivity contribution in [1.82, 2.24) is 9.97 Å². The number of fused-ring (bicyclic) bond motifs is 1. The summed E-state index contributed by atoms with van der Waals surface area (Å²) in [7, 11) is 0. The summed E-state index contributed by atoms with van der Waals surface area (Å²) >= 11 is 0. The molecule has 0 aliphatic carbocycles. The van der Waals surface area contributed by atoms with E-state index < -0.39 is 0 Å². The smallest absolute Gasteiger partial charge is 0.137 e. The molecule has 0 fully saturated rings. The molecule has 3 aromatic rings. The maximum atomic E-state index is 4.35. The molecule has 0 saturated carbocycles. The third kappa shape index (κ3) is 1.61. The molecule has 2 heterocycles. The van der Waals surface area contributed by atoms with Gasteiger partial charge in [-0.15, -0.1) is 0 Å². The zero-order valence-electron chi connectivity index (χ0n) is 10.9. The van der Waals surface area contributed by atoms with Gasteiger partial charge in [-0.3, -0.25) is 0 Å². The number of H-pyrrole nitrogens is 1. The van der Waals surface area contributed by atoms with Crippen molar-refractivity contribution in [2.24, 2.45) is 0 Å². The Bertz CT molecular complexity index is 700. The second-order valence-electron chi connectivity index (χ2n) is 4.87. The molecular weight excluding hydrogens is 220 g/mol. The third-order valence-corrected chi connectivity index (χ3v) is 3.41.